The summed E-state index contributed by atoms with van der Waals surface area (Å²) in [4.78, 5) is 31.6. The van der Waals surface area contributed by atoms with Crippen LogP contribution in [-0.2, 0) is 11.2 Å². The van der Waals surface area contributed by atoms with Crippen LogP contribution in [0.2, 0.25) is 0 Å². The number of rotatable bonds is 2. The Morgan fingerprint density at radius 3 is 3.08 bits per heavy atom. The van der Waals surface area contributed by atoms with Gasteiger partial charge in [-0.15, -0.1) is 11.3 Å². The van der Waals surface area contributed by atoms with Gasteiger partial charge in [-0.1, -0.05) is 0 Å². The van der Waals surface area contributed by atoms with Crippen LogP contribution >= 0.6 is 11.3 Å². The molecule has 1 aromatic carbocycles. The standard InChI is InChI=1S/C18H19N3O3S/c1-18(2)17(23)19-6-7-21(18)16(22)14-10-20-15(25-14)12-3-4-13-11(9-12)5-8-24-13/h3-4,9-10H,5-8H2,1-2H3,(H,19,23). The summed E-state index contributed by atoms with van der Waals surface area (Å²) in [5.74, 6) is 0.654. The summed E-state index contributed by atoms with van der Waals surface area (Å²) in [7, 11) is 0. The van der Waals surface area contributed by atoms with Gasteiger partial charge in [0.05, 0.1) is 12.8 Å². The van der Waals surface area contributed by atoms with Crippen LogP contribution in [0.25, 0.3) is 10.6 Å². The zero-order chi connectivity index (χ0) is 17.6. The van der Waals surface area contributed by atoms with Gasteiger partial charge in [0.25, 0.3) is 5.91 Å². The molecular formula is C18H19N3O3S. The second-order valence-corrected chi connectivity index (χ2v) is 7.75. The lowest BCUT2D eigenvalue weighted by Gasteiger charge is -2.40. The van der Waals surface area contributed by atoms with E-state index in [-0.39, 0.29) is 11.8 Å². The third-order valence-corrected chi connectivity index (χ3v) is 5.78. The lowest BCUT2D eigenvalue weighted by Crippen LogP contribution is -2.63. The van der Waals surface area contributed by atoms with Crippen LogP contribution in [0.15, 0.2) is 24.4 Å². The minimum Gasteiger partial charge on any atom is -0.493 e. The number of thiazole rings is 1. The fourth-order valence-electron chi connectivity index (χ4n) is 3.21. The first-order valence-electron chi connectivity index (χ1n) is 8.29. The van der Waals surface area contributed by atoms with Crippen LogP contribution < -0.4 is 10.1 Å². The maximum atomic E-state index is 12.9. The number of benzene rings is 1. The molecule has 7 heteroatoms. The van der Waals surface area contributed by atoms with Gasteiger partial charge in [-0.2, -0.15) is 0 Å². The Morgan fingerprint density at radius 1 is 1.40 bits per heavy atom. The average Bonchev–Trinajstić information content (AvgIpc) is 3.24. The second kappa shape index (κ2) is 5.84. The van der Waals surface area contributed by atoms with Gasteiger partial charge in [-0.05, 0) is 37.6 Å². The smallest absolute Gasteiger partial charge is 0.266 e. The Kier molecular flexibility index (Phi) is 3.76. The van der Waals surface area contributed by atoms with Crippen LogP contribution in [-0.4, -0.2) is 46.9 Å². The van der Waals surface area contributed by atoms with Crippen molar-refractivity contribution in [1.29, 1.82) is 0 Å². The highest BCUT2D eigenvalue weighted by Crippen LogP contribution is 2.33. The number of piperazine rings is 1. The molecule has 2 amide bonds. The molecule has 0 bridgehead atoms. The van der Waals surface area contributed by atoms with Gasteiger partial charge in [0, 0.05) is 25.1 Å². The number of aromatic nitrogens is 1. The van der Waals surface area contributed by atoms with Gasteiger partial charge in [-0.25, -0.2) is 4.98 Å². The number of hydrogen-bond donors (Lipinski definition) is 1. The molecule has 1 N–H and O–H groups in total. The van der Waals surface area contributed by atoms with Crippen molar-refractivity contribution in [2.75, 3.05) is 19.7 Å². The molecule has 4 rings (SSSR count). The third-order valence-electron chi connectivity index (χ3n) is 4.75. The molecule has 0 saturated carbocycles. The summed E-state index contributed by atoms with van der Waals surface area (Å²) in [5, 5.41) is 3.61. The van der Waals surface area contributed by atoms with Crippen molar-refractivity contribution in [2.24, 2.45) is 0 Å². The molecule has 2 aromatic rings. The SMILES string of the molecule is CC1(C)C(=O)NCCN1C(=O)c1cnc(-c2ccc3c(c2)CCO3)s1. The number of nitrogens with zero attached hydrogens (tertiary/aromatic N) is 2. The van der Waals surface area contributed by atoms with Crippen LogP contribution in [0.4, 0.5) is 0 Å². The van der Waals surface area contributed by atoms with Gasteiger partial charge < -0.3 is 15.0 Å². The van der Waals surface area contributed by atoms with Gasteiger partial charge in [-0.3, -0.25) is 9.59 Å². The maximum Gasteiger partial charge on any atom is 0.266 e. The molecule has 6 nitrogen and oxygen atoms in total. The van der Waals surface area contributed by atoms with Crippen LogP contribution in [0.1, 0.15) is 29.1 Å². The van der Waals surface area contributed by atoms with E-state index in [0.29, 0.717) is 24.6 Å². The number of nitrogens with one attached hydrogen (secondary N) is 1. The lowest BCUT2D eigenvalue weighted by atomic mass is 9.99. The number of amides is 2. The predicted octanol–water partition coefficient (Wildman–Crippen LogP) is 2.10. The highest BCUT2D eigenvalue weighted by Gasteiger charge is 2.41. The van der Waals surface area contributed by atoms with Crippen molar-refractivity contribution in [3.63, 3.8) is 0 Å². The monoisotopic (exact) mass is 357 g/mol. The van der Waals surface area contributed by atoms with E-state index in [1.807, 2.05) is 12.1 Å². The van der Waals surface area contributed by atoms with Gasteiger partial charge >= 0.3 is 0 Å². The molecule has 1 aromatic heterocycles. The van der Waals surface area contributed by atoms with Crippen LogP contribution in [0.3, 0.4) is 0 Å². The normalized spacial score (nSPS) is 18.5. The Balaban J connectivity index is 1.61. The molecule has 2 aliphatic heterocycles. The molecule has 1 saturated heterocycles. The Labute approximate surface area is 149 Å². The number of carbonyl (C=O) groups excluding carboxylic acids is 2. The Morgan fingerprint density at radius 2 is 2.24 bits per heavy atom. The van der Waals surface area contributed by atoms with Crippen molar-refractivity contribution in [3.8, 4) is 16.3 Å². The summed E-state index contributed by atoms with van der Waals surface area (Å²) in [5.41, 5.74) is 1.31. The highest BCUT2D eigenvalue weighted by atomic mass is 32.1. The summed E-state index contributed by atoms with van der Waals surface area (Å²) >= 11 is 1.36. The minimum absolute atomic E-state index is 0.129. The molecule has 2 aliphatic rings. The van der Waals surface area contributed by atoms with E-state index in [9.17, 15) is 9.59 Å². The summed E-state index contributed by atoms with van der Waals surface area (Å²) < 4.78 is 5.53. The molecular weight excluding hydrogens is 338 g/mol. The maximum absolute atomic E-state index is 12.9. The predicted molar refractivity (Wildman–Crippen MR) is 94.9 cm³/mol. The molecule has 0 spiro atoms. The number of hydrogen-bond acceptors (Lipinski definition) is 5. The summed E-state index contributed by atoms with van der Waals surface area (Å²) in [6, 6.07) is 6.00. The summed E-state index contributed by atoms with van der Waals surface area (Å²) in [6.45, 7) is 5.22. The van der Waals surface area contributed by atoms with Crippen molar-refractivity contribution in [3.05, 3.63) is 34.8 Å². The number of carbonyl (C=O) groups is 2. The molecule has 3 heterocycles. The van der Waals surface area contributed by atoms with E-state index >= 15 is 0 Å². The first-order chi connectivity index (χ1) is 12.0. The van der Waals surface area contributed by atoms with Crippen LogP contribution in [0, 0.1) is 0 Å². The van der Waals surface area contributed by atoms with E-state index < -0.39 is 5.54 Å². The van der Waals surface area contributed by atoms with Crippen molar-refractivity contribution >= 4 is 23.2 Å². The van der Waals surface area contributed by atoms with Crippen molar-refractivity contribution in [2.45, 2.75) is 25.8 Å². The van der Waals surface area contributed by atoms with E-state index in [1.165, 1.54) is 16.9 Å². The molecule has 1 fully saturated rings. The zero-order valence-electron chi connectivity index (χ0n) is 14.2. The van der Waals surface area contributed by atoms with Gasteiger partial charge in [0.15, 0.2) is 0 Å². The van der Waals surface area contributed by atoms with E-state index in [0.717, 1.165) is 22.7 Å². The number of fused-ring (bicyclic) bond motifs is 1. The van der Waals surface area contributed by atoms with E-state index in [2.05, 4.69) is 16.4 Å². The van der Waals surface area contributed by atoms with Crippen molar-refractivity contribution in [1.82, 2.24) is 15.2 Å². The minimum atomic E-state index is -0.857. The van der Waals surface area contributed by atoms with E-state index in [1.54, 1.807) is 24.9 Å². The Hall–Kier alpha value is -2.41. The van der Waals surface area contributed by atoms with Gasteiger partial charge in [0.1, 0.15) is 21.2 Å². The fourth-order valence-corrected chi connectivity index (χ4v) is 4.08. The average molecular weight is 357 g/mol. The zero-order valence-corrected chi connectivity index (χ0v) is 15.0. The quantitative estimate of drug-likeness (QED) is 0.893. The lowest BCUT2D eigenvalue weighted by molar-refractivity contribution is -0.133. The van der Waals surface area contributed by atoms with Crippen molar-refractivity contribution < 1.29 is 14.3 Å². The topological polar surface area (TPSA) is 71.5 Å². The molecule has 0 aliphatic carbocycles. The first-order valence-corrected chi connectivity index (χ1v) is 9.10. The molecule has 25 heavy (non-hydrogen) atoms. The van der Waals surface area contributed by atoms with Crippen LogP contribution in [0.5, 0.6) is 5.75 Å². The number of ether oxygens (including phenoxy) is 1. The molecule has 0 radical (unpaired) electrons. The second-order valence-electron chi connectivity index (χ2n) is 6.72. The van der Waals surface area contributed by atoms with Gasteiger partial charge in [0.2, 0.25) is 5.91 Å². The highest BCUT2D eigenvalue weighted by molar-refractivity contribution is 7.16. The molecule has 0 atom stereocenters. The largest absolute Gasteiger partial charge is 0.493 e. The first kappa shape index (κ1) is 16.1. The van der Waals surface area contributed by atoms with E-state index in [4.69, 9.17) is 4.74 Å². The third kappa shape index (κ3) is 2.68. The molecule has 0 unspecified atom stereocenters. The fraction of sp³-hybridized carbons (Fsp3) is 0.389. The Bertz CT molecular complexity index is 859. The molecule has 130 valence electrons. The summed E-state index contributed by atoms with van der Waals surface area (Å²) in [6.07, 6.45) is 2.51.